The van der Waals surface area contributed by atoms with Gasteiger partial charge in [-0.15, -0.1) is 11.8 Å². The number of thioether (sulfide) groups is 1. The van der Waals surface area contributed by atoms with Crippen LogP contribution in [-0.2, 0) is 26.2 Å². The minimum Gasteiger partial charge on any atom is -0.356 e. The molecule has 0 radical (unpaired) electrons. The minimum atomic E-state index is -0.517. The molecule has 7 heteroatoms. The normalized spacial score (nSPS) is 19.0. The molecule has 6 nitrogen and oxygen atoms in total. The van der Waals surface area contributed by atoms with Gasteiger partial charge in [0.2, 0.25) is 11.8 Å². The van der Waals surface area contributed by atoms with Gasteiger partial charge in [-0.3, -0.25) is 19.4 Å². The van der Waals surface area contributed by atoms with Crippen LogP contribution in [0.2, 0.25) is 0 Å². The molecule has 1 atom stereocenters. The SMILES string of the molecule is CC(=O)C1(c2ccccc2)CCN(C(=O)CCC(=O)NCCC2=NC(Cc3ccccc3)CS2)CC1. The number of rotatable bonds is 10. The summed E-state index contributed by atoms with van der Waals surface area (Å²) in [6, 6.07) is 20.6. The molecule has 1 saturated heterocycles. The van der Waals surface area contributed by atoms with Crippen LogP contribution in [0, 0.1) is 0 Å². The van der Waals surface area contributed by atoms with Crippen LogP contribution < -0.4 is 5.32 Å². The van der Waals surface area contributed by atoms with Crippen molar-refractivity contribution in [2.45, 2.75) is 56.9 Å². The van der Waals surface area contributed by atoms with Gasteiger partial charge in [-0.05, 0) is 37.3 Å². The maximum absolute atomic E-state index is 12.7. The number of amides is 2. The average Bonchev–Trinajstić information content (AvgIpc) is 3.35. The number of piperidine rings is 1. The zero-order chi connectivity index (χ0) is 25.4. The van der Waals surface area contributed by atoms with E-state index in [9.17, 15) is 14.4 Å². The Kier molecular flexibility index (Phi) is 8.97. The van der Waals surface area contributed by atoms with E-state index in [2.05, 4.69) is 29.6 Å². The molecular formula is C29H35N3O3S. The lowest BCUT2D eigenvalue weighted by Gasteiger charge is -2.40. The van der Waals surface area contributed by atoms with Crippen molar-refractivity contribution >= 4 is 34.4 Å². The Hall–Kier alpha value is -2.93. The number of likely N-dealkylation sites (tertiary alicyclic amines) is 1. The summed E-state index contributed by atoms with van der Waals surface area (Å²) in [6.07, 6.45) is 3.29. The van der Waals surface area contributed by atoms with Gasteiger partial charge in [0.1, 0.15) is 5.78 Å². The third-order valence-electron chi connectivity index (χ3n) is 7.28. The van der Waals surface area contributed by atoms with Crippen molar-refractivity contribution in [3.05, 3.63) is 71.8 Å². The molecule has 2 aliphatic rings. The molecule has 0 spiro atoms. The average molecular weight is 506 g/mol. The van der Waals surface area contributed by atoms with Crippen molar-refractivity contribution in [3.63, 3.8) is 0 Å². The smallest absolute Gasteiger partial charge is 0.223 e. The number of hydrogen-bond acceptors (Lipinski definition) is 5. The molecule has 190 valence electrons. The van der Waals surface area contributed by atoms with Crippen molar-refractivity contribution in [2.24, 2.45) is 4.99 Å². The van der Waals surface area contributed by atoms with E-state index in [-0.39, 0.29) is 30.4 Å². The lowest BCUT2D eigenvalue weighted by molar-refractivity contribution is -0.137. The molecule has 0 bridgehead atoms. The summed E-state index contributed by atoms with van der Waals surface area (Å²) in [7, 11) is 0. The Balaban J connectivity index is 1.15. The van der Waals surface area contributed by atoms with Crippen LogP contribution >= 0.6 is 11.8 Å². The van der Waals surface area contributed by atoms with Gasteiger partial charge >= 0.3 is 0 Å². The summed E-state index contributed by atoms with van der Waals surface area (Å²) >= 11 is 1.77. The third-order valence-corrected chi connectivity index (χ3v) is 8.47. The highest BCUT2D eigenvalue weighted by atomic mass is 32.2. The number of aliphatic imine (C=N–C) groups is 1. The van der Waals surface area contributed by atoms with Crippen LogP contribution in [0.15, 0.2) is 65.7 Å². The van der Waals surface area contributed by atoms with Crippen LogP contribution in [0.3, 0.4) is 0 Å². The number of nitrogens with zero attached hydrogens (tertiary/aromatic N) is 2. The third kappa shape index (κ3) is 6.64. The fourth-order valence-electron chi connectivity index (χ4n) is 5.11. The number of ketones is 1. The van der Waals surface area contributed by atoms with Crippen LogP contribution in [0.1, 0.15) is 50.2 Å². The molecule has 1 unspecified atom stereocenters. The first kappa shape index (κ1) is 26.1. The van der Waals surface area contributed by atoms with Gasteiger partial charge in [0, 0.05) is 44.6 Å². The number of hydrogen-bond donors (Lipinski definition) is 1. The van der Waals surface area contributed by atoms with E-state index >= 15 is 0 Å². The van der Waals surface area contributed by atoms with Gasteiger partial charge in [-0.2, -0.15) is 0 Å². The molecule has 1 fully saturated rings. The predicted octanol–water partition coefficient (Wildman–Crippen LogP) is 4.18. The first-order chi connectivity index (χ1) is 17.5. The van der Waals surface area contributed by atoms with Crippen LogP contribution in [0.4, 0.5) is 0 Å². The molecule has 4 rings (SSSR count). The van der Waals surface area contributed by atoms with Crippen molar-refractivity contribution in [1.29, 1.82) is 0 Å². The van der Waals surface area contributed by atoms with Crippen molar-refractivity contribution in [2.75, 3.05) is 25.4 Å². The maximum atomic E-state index is 12.7. The molecule has 2 aliphatic heterocycles. The summed E-state index contributed by atoms with van der Waals surface area (Å²) in [5.41, 5.74) is 1.81. The maximum Gasteiger partial charge on any atom is 0.223 e. The molecular weight excluding hydrogens is 470 g/mol. The number of carbonyl (C=O) groups excluding carboxylic acids is 3. The molecule has 0 aliphatic carbocycles. The van der Waals surface area contributed by atoms with Crippen LogP contribution in [-0.4, -0.2) is 59.0 Å². The first-order valence-electron chi connectivity index (χ1n) is 12.8. The molecule has 1 N–H and O–H groups in total. The van der Waals surface area contributed by atoms with E-state index in [4.69, 9.17) is 4.99 Å². The molecule has 36 heavy (non-hydrogen) atoms. The zero-order valence-corrected chi connectivity index (χ0v) is 21.8. The molecule has 2 heterocycles. The fraction of sp³-hybridized carbons (Fsp3) is 0.448. The highest BCUT2D eigenvalue weighted by Crippen LogP contribution is 2.36. The fourth-order valence-corrected chi connectivity index (χ4v) is 6.16. The number of carbonyl (C=O) groups is 3. The standard InChI is InChI=1S/C29H35N3O3S/c1-22(33)29(24-10-6-3-7-11-24)15-18-32(19-16-29)28(35)13-12-26(34)30-17-14-27-31-25(21-36-27)20-23-8-4-2-5-9-23/h2-11,25H,12-21H2,1H3,(H,30,34). The zero-order valence-electron chi connectivity index (χ0n) is 20.9. The van der Waals surface area contributed by atoms with Gasteiger partial charge in [-0.1, -0.05) is 60.7 Å². The number of Topliss-reactive ketones (excluding diaryl/α,β-unsaturated/α-hetero) is 1. The van der Waals surface area contributed by atoms with Crippen molar-refractivity contribution in [3.8, 4) is 0 Å². The Bertz CT molecular complexity index is 1080. The van der Waals surface area contributed by atoms with E-state index in [1.807, 2.05) is 36.4 Å². The van der Waals surface area contributed by atoms with Gasteiger partial charge in [0.15, 0.2) is 0 Å². The lowest BCUT2D eigenvalue weighted by atomic mass is 9.70. The van der Waals surface area contributed by atoms with E-state index < -0.39 is 5.41 Å². The first-order valence-corrected chi connectivity index (χ1v) is 13.8. The van der Waals surface area contributed by atoms with E-state index in [0.29, 0.717) is 38.5 Å². The summed E-state index contributed by atoms with van der Waals surface area (Å²) in [4.78, 5) is 44.2. The summed E-state index contributed by atoms with van der Waals surface area (Å²) in [6.45, 7) is 3.26. The summed E-state index contributed by atoms with van der Waals surface area (Å²) < 4.78 is 0. The number of benzene rings is 2. The molecule has 2 amide bonds. The largest absolute Gasteiger partial charge is 0.356 e. The van der Waals surface area contributed by atoms with E-state index in [1.165, 1.54) is 5.56 Å². The topological polar surface area (TPSA) is 78.8 Å². The quantitative estimate of drug-likeness (QED) is 0.526. The second-order valence-electron chi connectivity index (χ2n) is 9.66. The molecule has 0 aromatic heterocycles. The van der Waals surface area contributed by atoms with Gasteiger partial charge in [0.25, 0.3) is 0 Å². The van der Waals surface area contributed by atoms with E-state index in [0.717, 1.165) is 29.2 Å². The number of nitrogens with one attached hydrogen (secondary N) is 1. The lowest BCUT2D eigenvalue weighted by Crippen LogP contribution is -2.48. The second kappa shape index (κ2) is 12.3. The highest BCUT2D eigenvalue weighted by Gasteiger charge is 2.41. The summed E-state index contributed by atoms with van der Waals surface area (Å²) in [5.74, 6) is 1.01. The Morgan fingerprint density at radius 1 is 1.00 bits per heavy atom. The van der Waals surface area contributed by atoms with Gasteiger partial charge < -0.3 is 10.2 Å². The second-order valence-corrected chi connectivity index (χ2v) is 10.8. The van der Waals surface area contributed by atoms with Crippen LogP contribution in [0.5, 0.6) is 0 Å². The van der Waals surface area contributed by atoms with Gasteiger partial charge in [0.05, 0.1) is 16.5 Å². The summed E-state index contributed by atoms with van der Waals surface area (Å²) in [5, 5.41) is 4.02. The van der Waals surface area contributed by atoms with Crippen LogP contribution in [0.25, 0.3) is 0 Å². The van der Waals surface area contributed by atoms with E-state index in [1.54, 1.807) is 23.6 Å². The van der Waals surface area contributed by atoms with Gasteiger partial charge in [-0.25, -0.2) is 0 Å². The molecule has 2 aromatic carbocycles. The Morgan fingerprint density at radius 2 is 1.67 bits per heavy atom. The Labute approximate surface area is 217 Å². The molecule has 2 aromatic rings. The monoisotopic (exact) mass is 505 g/mol. The molecule has 0 saturated carbocycles. The highest BCUT2D eigenvalue weighted by molar-refractivity contribution is 8.14. The van der Waals surface area contributed by atoms with Crippen molar-refractivity contribution < 1.29 is 14.4 Å². The van der Waals surface area contributed by atoms with Crippen molar-refractivity contribution in [1.82, 2.24) is 10.2 Å². The Morgan fingerprint density at radius 3 is 2.33 bits per heavy atom. The predicted molar refractivity (Wildman–Crippen MR) is 145 cm³/mol. The minimum absolute atomic E-state index is 0.0187.